The van der Waals surface area contributed by atoms with E-state index in [9.17, 15) is 9.59 Å². The zero-order chi connectivity index (χ0) is 20.6. The van der Waals surface area contributed by atoms with Crippen LogP contribution in [0.4, 0.5) is 4.79 Å². The number of benzene rings is 2. The third-order valence-electron chi connectivity index (χ3n) is 4.04. The molecule has 0 radical (unpaired) electrons. The van der Waals surface area contributed by atoms with Crippen LogP contribution in [-0.2, 0) is 9.53 Å². The van der Waals surface area contributed by atoms with Crippen LogP contribution in [0.5, 0.6) is 11.5 Å². The molecule has 0 saturated carbocycles. The molecule has 9 heteroatoms. The minimum Gasteiger partial charge on any atom is -0.454 e. The second kappa shape index (κ2) is 9.79. The molecule has 8 nitrogen and oxygen atoms in total. The summed E-state index contributed by atoms with van der Waals surface area (Å²) in [5, 5.41) is 7.04. The van der Waals surface area contributed by atoms with Crippen molar-refractivity contribution in [1.82, 2.24) is 10.7 Å². The molecule has 1 heterocycles. The molecule has 1 aliphatic heterocycles. The standard InChI is InChI=1S/C20H20ClN3O5/c1-2-27-20(26)23-16(13-6-4-3-5-7-13)10-19(25)24-22-11-14-8-17-18(9-15(14)21)29-12-28-17/h3-9,11,16H,2,10,12H2,1H3,(H,23,26)(H,24,25)/b22-11-/t16-/m0/s1. The van der Waals surface area contributed by atoms with E-state index in [0.29, 0.717) is 22.1 Å². The Morgan fingerprint density at radius 1 is 1.24 bits per heavy atom. The van der Waals surface area contributed by atoms with E-state index in [1.54, 1.807) is 19.1 Å². The number of ether oxygens (including phenoxy) is 3. The zero-order valence-electron chi connectivity index (χ0n) is 15.7. The second-order valence-corrected chi connectivity index (χ2v) is 6.46. The number of rotatable bonds is 7. The second-order valence-electron chi connectivity index (χ2n) is 6.05. The van der Waals surface area contributed by atoms with Gasteiger partial charge in [-0.3, -0.25) is 4.79 Å². The van der Waals surface area contributed by atoms with Gasteiger partial charge in [-0.15, -0.1) is 0 Å². The minimum absolute atomic E-state index is 0.0188. The van der Waals surface area contributed by atoms with Gasteiger partial charge in [0.05, 0.1) is 30.3 Å². The maximum absolute atomic E-state index is 12.3. The lowest BCUT2D eigenvalue weighted by molar-refractivity contribution is -0.121. The number of carbonyl (C=O) groups is 2. The summed E-state index contributed by atoms with van der Waals surface area (Å²) < 4.78 is 15.5. The van der Waals surface area contributed by atoms with Gasteiger partial charge in [0.15, 0.2) is 11.5 Å². The van der Waals surface area contributed by atoms with Crippen LogP contribution in [-0.4, -0.2) is 31.6 Å². The fourth-order valence-electron chi connectivity index (χ4n) is 2.69. The fourth-order valence-corrected chi connectivity index (χ4v) is 2.89. The molecule has 0 saturated heterocycles. The van der Waals surface area contributed by atoms with Crippen LogP contribution in [0, 0.1) is 0 Å². The Kier molecular flexibility index (Phi) is 6.91. The Balaban J connectivity index is 1.62. The molecule has 0 aliphatic carbocycles. The first-order valence-corrected chi connectivity index (χ1v) is 9.34. The number of hydrogen-bond acceptors (Lipinski definition) is 6. The first kappa shape index (κ1) is 20.5. The van der Waals surface area contributed by atoms with Crippen molar-refractivity contribution < 1.29 is 23.8 Å². The summed E-state index contributed by atoms with van der Waals surface area (Å²) in [7, 11) is 0. The zero-order valence-corrected chi connectivity index (χ0v) is 16.4. The molecule has 2 N–H and O–H groups in total. The van der Waals surface area contributed by atoms with Gasteiger partial charge in [-0.05, 0) is 18.6 Å². The van der Waals surface area contributed by atoms with E-state index in [4.69, 9.17) is 25.8 Å². The van der Waals surface area contributed by atoms with Crippen LogP contribution in [0.2, 0.25) is 5.02 Å². The topological polar surface area (TPSA) is 98.2 Å². The predicted molar refractivity (Wildman–Crippen MR) is 107 cm³/mol. The van der Waals surface area contributed by atoms with E-state index < -0.39 is 12.1 Å². The largest absolute Gasteiger partial charge is 0.454 e. The summed E-state index contributed by atoms with van der Waals surface area (Å²) in [5.74, 6) is 0.737. The Morgan fingerprint density at radius 3 is 2.69 bits per heavy atom. The van der Waals surface area contributed by atoms with Gasteiger partial charge in [0, 0.05) is 11.6 Å². The number of halogens is 1. The summed E-state index contributed by atoms with van der Waals surface area (Å²) in [6.07, 6.45) is 0.804. The van der Waals surface area contributed by atoms with Crippen LogP contribution in [0.1, 0.15) is 30.5 Å². The van der Waals surface area contributed by atoms with E-state index in [0.717, 1.165) is 5.56 Å². The Morgan fingerprint density at radius 2 is 1.97 bits per heavy atom. The van der Waals surface area contributed by atoms with Crippen LogP contribution in [0.3, 0.4) is 0 Å². The predicted octanol–water partition coefficient (Wildman–Crippen LogP) is 3.40. The quantitative estimate of drug-likeness (QED) is 0.531. The highest BCUT2D eigenvalue weighted by Crippen LogP contribution is 2.36. The van der Waals surface area contributed by atoms with Gasteiger partial charge in [0.2, 0.25) is 12.7 Å². The molecular weight excluding hydrogens is 398 g/mol. The lowest BCUT2D eigenvalue weighted by Gasteiger charge is -2.18. The number of carbonyl (C=O) groups excluding carboxylic acids is 2. The molecule has 1 aliphatic rings. The molecule has 2 aromatic carbocycles. The summed E-state index contributed by atoms with van der Waals surface area (Å²) in [6, 6.07) is 11.9. The highest BCUT2D eigenvalue weighted by molar-refractivity contribution is 6.33. The van der Waals surface area contributed by atoms with Crippen molar-refractivity contribution in [3.8, 4) is 11.5 Å². The third-order valence-corrected chi connectivity index (χ3v) is 4.37. The molecule has 29 heavy (non-hydrogen) atoms. The summed E-state index contributed by atoms with van der Waals surface area (Å²) in [6.45, 7) is 2.08. The van der Waals surface area contributed by atoms with Crippen molar-refractivity contribution in [1.29, 1.82) is 0 Å². The molecule has 2 aromatic rings. The van der Waals surface area contributed by atoms with Crippen molar-refractivity contribution in [2.45, 2.75) is 19.4 Å². The van der Waals surface area contributed by atoms with E-state index in [1.807, 2.05) is 30.3 Å². The smallest absolute Gasteiger partial charge is 0.407 e. The highest BCUT2D eigenvalue weighted by atomic mass is 35.5. The van der Waals surface area contributed by atoms with Gasteiger partial charge in [-0.1, -0.05) is 41.9 Å². The number of alkyl carbamates (subject to hydrolysis) is 1. The summed E-state index contributed by atoms with van der Waals surface area (Å²) in [4.78, 5) is 24.1. The summed E-state index contributed by atoms with van der Waals surface area (Å²) in [5.41, 5.74) is 3.79. The lowest BCUT2D eigenvalue weighted by atomic mass is 10.0. The van der Waals surface area contributed by atoms with Crippen LogP contribution in [0.25, 0.3) is 0 Å². The molecule has 1 atom stereocenters. The Labute approximate surface area is 172 Å². The first-order chi connectivity index (χ1) is 14.1. The Hall–Kier alpha value is -3.26. The number of fused-ring (bicyclic) bond motifs is 1. The van der Waals surface area contributed by atoms with Crippen molar-refractivity contribution in [2.75, 3.05) is 13.4 Å². The van der Waals surface area contributed by atoms with E-state index in [1.165, 1.54) is 6.21 Å². The molecule has 152 valence electrons. The monoisotopic (exact) mass is 417 g/mol. The molecular formula is C20H20ClN3O5. The normalized spacial score (nSPS) is 13.2. The van der Waals surface area contributed by atoms with Gasteiger partial charge in [-0.25, -0.2) is 10.2 Å². The lowest BCUT2D eigenvalue weighted by Crippen LogP contribution is -2.33. The van der Waals surface area contributed by atoms with Gasteiger partial charge in [0.1, 0.15) is 0 Å². The molecule has 0 aromatic heterocycles. The third kappa shape index (κ3) is 5.61. The first-order valence-electron chi connectivity index (χ1n) is 8.96. The molecule has 2 amide bonds. The minimum atomic E-state index is -0.593. The van der Waals surface area contributed by atoms with Crippen molar-refractivity contribution in [3.63, 3.8) is 0 Å². The number of nitrogens with one attached hydrogen (secondary N) is 2. The maximum atomic E-state index is 12.3. The van der Waals surface area contributed by atoms with E-state index in [2.05, 4.69) is 15.8 Å². The van der Waals surface area contributed by atoms with E-state index >= 15 is 0 Å². The van der Waals surface area contributed by atoms with E-state index in [-0.39, 0.29) is 25.7 Å². The fraction of sp³-hybridized carbons (Fsp3) is 0.250. The van der Waals surface area contributed by atoms with Gasteiger partial charge < -0.3 is 19.5 Å². The van der Waals surface area contributed by atoms with Crippen LogP contribution >= 0.6 is 11.6 Å². The SMILES string of the molecule is CCOC(=O)N[C@@H](CC(=O)N/N=C\c1cc2c(cc1Cl)OCO2)c1ccccc1. The van der Waals surface area contributed by atoms with Gasteiger partial charge in [0.25, 0.3) is 0 Å². The number of hydrogen-bond donors (Lipinski definition) is 2. The average molecular weight is 418 g/mol. The Bertz CT molecular complexity index is 904. The van der Waals surface area contributed by atoms with Crippen LogP contribution < -0.4 is 20.2 Å². The highest BCUT2D eigenvalue weighted by Gasteiger charge is 2.19. The summed E-state index contributed by atoms with van der Waals surface area (Å²) >= 11 is 6.17. The number of nitrogens with zero attached hydrogens (tertiary/aromatic N) is 1. The van der Waals surface area contributed by atoms with Crippen LogP contribution in [0.15, 0.2) is 47.6 Å². The average Bonchev–Trinajstić information content (AvgIpc) is 3.15. The molecule has 0 unspecified atom stereocenters. The molecule has 0 bridgehead atoms. The molecule has 0 fully saturated rings. The van der Waals surface area contributed by atoms with Gasteiger partial charge in [-0.2, -0.15) is 5.10 Å². The van der Waals surface area contributed by atoms with Crippen molar-refractivity contribution in [3.05, 3.63) is 58.6 Å². The van der Waals surface area contributed by atoms with Crippen molar-refractivity contribution >= 4 is 29.8 Å². The maximum Gasteiger partial charge on any atom is 0.407 e. The number of hydrazone groups is 1. The molecule has 0 spiro atoms. The van der Waals surface area contributed by atoms with Crippen molar-refractivity contribution in [2.24, 2.45) is 5.10 Å². The van der Waals surface area contributed by atoms with Gasteiger partial charge >= 0.3 is 6.09 Å². The molecule has 3 rings (SSSR count). The number of amides is 2.